The van der Waals surface area contributed by atoms with E-state index in [1.807, 2.05) is 0 Å². The second kappa shape index (κ2) is 14.9. The van der Waals surface area contributed by atoms with E-state index in [0.29, 0.717) is 22.5 Å². The maximum absolute atomic E-state index is 15.4. The number of aryl methyl sites for hydroxylation is 2. The second-order valence-corrected chi connectivity index (χ2v) is 15.6. The first kappa shape index (κ1) is 41.7. The van der Waals surface area contributed by atoms with Crippen LogP contribution in [0, 0.1) is 29.1 Å². The number of aliphatic hydroxyl groups is 1. The molecule has 22 heteroatoms. The van der Waals surface area contributed by atoms with E-state index >= 15 is 8.78 Å². The van der Waals surface area contributed by atoms with Gasteiger partial charge in [-0.2, -0.15) is 0 Å². The van der Waals surface area contributed by atoms with Gasteiger partial charge in [0.15, 0.2) is 44.5 Å². The van der Waals surface area contributed by atoms with Crippen LogP contribution in [-0.2, 0) is 36.1 Å². The highest BCUT2D eigenvalue weighted by molar-refractivity contribution is 6.58. The Morgan fingerprint density at radius 3 is 2.16 bits per heavy atom. The summed E-state index contributed by atoms with van der Waals surface area (Å²) in [6.45, 7) is -1.51. The molecule has 2 aliphatic heterocycles. The molecule has 320 valence electrons. The molecule has 1 saturated carbocycles. The first-order valence-electron chi connectivity index (χ1n) is 18.3. The molecule has 3 aliphatic rings. The number of imide groups is 1. The van der Waals surface area contributed by atoms with Crippen molar-refractivity contribution in [1.29, 1.82) is 0 Å². The third-order valence-electron chi connectivity index (χ3n) is 11.4. The zero-order chi connectivity index (χ0) is 44.0. The van der Waals surface area contributed by atoms with E-state index in [9.17, 15) is 42.3 Å². The predicted octanol–water partition coefficient (Wildman–Crippen LogP) is 3.58. The molecular formula is C39H31Cl2F5N6O9. The quantitative estimate of drug-likeness (QED) is 0.0547. The van der Waals surface area contributed by atoms with Crippen LogP contribution in [0.4, 0.5) is 27.6 Å². The van der Waals surface area contributed by atoms with Gasteiger partial charge in [-0.05, 0) is 11.6 Å². The molecule has 8 rings (SSSR count). The molecule has 0 spiro atoms. The number of para-hydroxylation sites is 1. The van der Waals surface area contributed by atoms with Crippen molar-refractivity contribution in [3.63, 3.8) is 0 Å². The third kappa shape index (κ3) is 5.78. The monoisotopic (exact) mass is 892 g/mol. The van der Waals surface area contributed by atoms with Crippen molar-refractivity contribution < 1.29 is 50.9 Å². The number of fused-ring (bicyclic) bond motifs is 5. The average Bonchev–Trinajstić information content (AvgIpc) is 3.58. The molecule has 1 saturated heterocycles. The number of halogens is 7. The number of ether oxygens (including phenoxy) is 3. The number of alkyl halides is 2. The van der Waals surface area contributed by atoms with Gasteiger partial charge in [0.25, 0.3) is 17.4 Å². The Bertz CT molecular complexity index is 2920. The van der Waals surface area contributed by atoms with Crippen molar-refractivity contribution >= 4 is 51.7 Å². The van der Waals surface area contributed by atoms with Gasteiger partial charge in [-0.1, -0.05) is 24.3 Å². The zero-order valence-electron chi connectivity index (χ0n) is 32.0. The summed E-state index contributed by atoms with van der Waals surface area (Å²) in [4.78, 5) is 69.5. The van der Waals surface area contributed by atoms with Crippen LogP contribution in [0.25, 0.3) is 11.0 Å². The number of carbonyl (C=O) groups is 2. The maximum atomic E-state index is 15.4. The summed E-state index contributed by atoms with van der Waals surface area (Å²) in [6, 6.07) is 7.50. The highest BCUT2D eigenvalue weighted by Gasteiger charge is 2.76. The van der Waals surface area contributed by atoms with Crippen LogP contribution in [-0.4, -0.2) is 77.6 Å². The zero-order valence-corrected chi connectivity index (χ0v) is 33.5. The molecule has 15 nitrogen and oxygen atoms in total. The van der Waals surface area contributed by atoms with Crippen molar-refractivity contribution in [2.75, 3.05) is 32.3 Å². The van der Waals surface area contributed by atoms with Crippen LogP contribution >= 0.6 is 23.2 Å². The van der Waals surface area contributed by atoms with Crippen LogP contribution in [0.15, 0.2) is 62.4 Å². The first-order chi connectivity index (χ1) is 29.0. The smallest absolute Gasteiger partial charge is 0.347 e. The molecule has 4 atom stereocenters. The third-order valence-corrected chi connectivity index (χ3v) is 12.8. The Kier molecular flexibility index (Phi) is 10.2. The summed E-state index contributed by atoms with van der Waals surface area (Å²) >= 11 is 14.4. The number of hydrogen-bond acceptors (Lipinski definition) is 10. The SMILES string of the molecule is COc1cc2nc(CCn3c(=O)n4n(c3=O)[C@@H]3C[C@@]5(Cl)C(=O)N(c6c(F)c(F)c(F)c(F)c6F)C(=O)[C@@]5(Cl)[C@@H](c5ccccc5OCCO)C3=CC4)c(=O)n(C)c2cc1OC. The van der Waals surface area contributed by atoms with Crippen molar-refractivity contribution in [2.45, 2.75) is 47.6 Å². The van der Waals surface area contributed by atoms with Gasteiger partial charge in [-0.3, -0.25) is 14.4 Å². The maximum Gasteiger partial charge on any atom is 0.347 e. The lowest BCUT2D eigenvalue weighted by atomic mass is 9.64. The van der Waals surface area contributed by atoms with Crippen molar-refractivity contribution in [1.82, 2.24) is 23.5 Å². The minimum Gasteiger partial charge on any atom is -0.493 e. The summed E-state index contributed by atoms with van der Waals surface area (Å²) in [5.74, 6) is -16.9. The fraction of sp³-hybridized carbons (Fsp3) is 0.333. The first-order valence-corrected chi connectivity index (χ1v) is 19.1. The molecule has 0 bridgehead atoms. The molecular weight excluding hydrogens is 862 g/mol. The van der Waals surface area contributed by atoms with Crippen LogP contribution in [0.3, 0.4) is 0 Å². The molecule has 5 aromatic rings. The predicted molar refractivity (Wildman–Crippen MR) is 206 cm³/mol. The summed E-state index contributed by atoms with van der Waals surface area (Å²) in [6.07, 6.45) is 0.385. The number of aromatic nitrogens is 5. The van der Waals surface area contributed by atoms with E-state index in [1.165, 1.54) is 56.2 Å². The van der Waals surface area contributed by atoms with Crippen molar-refractivity contribution in [3.05, 3.63) is 120 Å². The number of carbonyl (C=O) groups excluding carboxylic acids is 2. The number of amides is 2. The van der Waals surface area contributed by atoms with E-state index in [-0.39, 0.29) is 53.6 Å². The fourth-order valence-electron chi connectivity index (χ4n) is 8.51. The second-order valence-electron chi connectivity index (χ2n) is 14.4. The van der Waals surface area contributed by atoms with Crippen molar-refractivity contribution in [2.24, 2.45) is 7.05 Å². The number of benzene rings is 3. The lowest BCUT2D eigenvalue weighted by Gasteiger charge is -2.49. The van der Waals surface area contributed by atoms with Gasteiger partial charge < -0.3 is 23.9 Å². The van der Waals surface area contributed by atoms with E-state index in [2.05, 4.69) is 4.98 Å². The largest absolute Gasteiger partial charge is 0.493 e. The summed E-state index contributed by atoms with van der Waals surface area (Å²) in [5, 5.41) is 9.56. The van der Waals surface area contributed by atoms with Gasteiger partial charge in [0.05, 0.1) is 44.4 Å². The van der Waals surface area contributed by atoms with E-state index < -0.39 is 98.3 Å². The highest BCUT2D eigenvalue weighted by Crippen LogP contribution is 2.65. The molecule has 3 aromatic carbocycles. The summed E-state index contributed by atoms with van der Waals surface area (Å²) < 4.78 is 94.7. The number of methoxy groups -OCH3 is 2. The molecule has 4 heterocycles. The molecule has 61 heavy (non-hydrogen) atoms. The van der Waals surface area contributed by atoms with Crippen LogP contribution in [0.2, 0.25) is 0 Å². The van der Waals surface area contributed by atoms with E-state index in [4.69, 9.17) is 37.4 Å². The number of allylic oxidation sites excluding steroid dienone is 2. The Balaban J connectivity index is 1.26. The summed E-state index contributed by atoms with van der Waals surface area (Å²) in [5.41, 5.74) is -3.46. The minimum atomic E-state index is -2.81. The number of aliphatic hydroxyl groups excluding tert-OH is 1. The number of anilines is 1. The van der Waals surface area contributed by atoms with E-state index in [1.54, 1.807) is 12.1 Å². The van der Waals surface area contributed by atoms with Crippen LogP contribution < -0.4 is 36.0 Å². The molecule has 1 N–H and O–H groups in total. The standard InChI is InChI=1S/C39H31Cl2F5N6O9/c1-48-21-15-25(60-3)24(59-2)14-20(21)47-19(33(48)54)9-10-49-36(57)50-11-8-17-22(52(50)37(49)58)16-38(40)34(55)51(32-30(45)28(43)27(42)29(44)31(32)46)35(56)39(38,41)26(17)18-6-4-5-7-23(18)61-13-12-53/h4-8,14-15,22,26,53H,9-13,16H2,1-3H3/t22-,26-,38-,39+/m1/s1. The minimum absolute atomic E-state index is 0.0167. The topological polar surface area (TPSA) is 169 Å². The number of nitrogens with zero attached hydrogens (tertiary/aromatic N) is 6. The molecule has 2 aromatic heterocycles. The van der Waals surface area contributed by atoms with Gasteiger partial charge >= 0.3 is 11.4 Å². The Morgan fingerprint density at radius 2 is 1.51 bits per heavy atom. The Morgan fingerprint density at radius 1 is 0.869 bits per heavy atom. The van der Waals surface area contributed by atoms with Gasteiger partial charge in [-0.25, -0.2) is 55.4 Å². The molecule has 0 unspecified atom stereocenters. The lowest BCUT2D eigenvalue weighted by Crippen LogP contribution is -2.59. The normalized spacial score (nSPS) is 22.0. The van der Waals surface area contributed by atoms with Gasteiger partial charge in [0, 0.05) is 50.0 Å². The lowest BCUT2D eigenvalue weighted by molar-refractivity contribution is -0.122. The average molecular weight is 894 g/mol. The van der Waals surface area contributed by atoms with Gasteiger partial charge in [0.1, 0.15) is 23.7 Å². The molecule has 2 amide bonds. The van der Waals surface area contributed by atoms with Crippen molar-refractivity contribution in [3.8, 4) is 17.2 Å². The molecule has 1 aliphatic carbocycles. The van der Waals surface area contributed by atoms with Crippen LogP contribution in [0.1, 0.15) is 29.6 Å². The summed E-state index contributed by atoms with van der Waals surface area (Å²) in [7, 11) is 4.35. The Hall–Kier alpha value is -5.99. The van der Waals surface area contributed by atoms with Gasteiger partial charge in [0.2, 0.25) is 5.82 Å². The molecule has 2 fully saturated rings. The fourth-order valence-corrected chi connectivity index (χ4v) is 9.42. The van der Waals surface area contributed by atoms with Gasteiger partial charge in [-0.15, -0.1) is 23.2 Å². The van der Waals surface area contributed by atoms with Crippen LogP contribution in [0.5, 0.6) is 17.2 Å². The number of rotatable bonds is 10. The Labute approximate surface area is 349 Å². The molecule has 0 radical (unpaired) electrons. The van der Waals surface area contributed by atoms with E-state index in [0.717, 1.165) is 13.9 Å². The number of hydrogen-bond donors (Lipinski definition) is 1. The highest BCUT2D eigenvalue weighted by atomic mass is 35.5.